The first-order valence-electron chi connectivity index (χ1n) is 12.0. The lowest BCUT2D eigenvalue weighted by molar-refractivity contribution is -0.121. The van der Waals surface area contributed by atoms with Gasteiger partial charge >= 0.3 is 0 Å². The van der Waals surface area contributed by atoms with Crippen molar-refractivity contribution in [3.05, 3.63) is 101 Å². The Morgan fingerprint density at radius 3 is 2.38 bits per heavy atom. The molecule has 2 N–H and O–H groups in total. The van der Waals surface area contributed by atoms with Gasteiger partial charge in [0, 0.05) is 12.5 Å². The summed E-state index contributed by atoms with van der Waals surface area (Å²) in [5.74, 6) is -0.250. The van der Waals surface area contributed by atoms with Crippen molar-refractivity contribution in [3.8, 4) is 0 Å². The number of nitrogens with zero attached hydrogens (tertiary/aromatic N) is 1. The van der Waals surface area contributed by atoms with Crippen molar-refractivity contribution in [3.63, 3.8) is 0 Å². The van der Waals surface area contributed by atoms with Gasteiger partial charge in [0.25, 0.3) is 5.91 Å². The van der Waals surface area contributed by atoms with Crippen molar-refractivity contribution in [1.82, 2.24) is 10.2 Å². The van der Waals surface area contributed by atoms with Gasteiger partial charge in [0.05, 0.1) is 17.3 Å². The van der Waals surface area contributed by atoms with Crippen molar-refractivity contribution < 1.29 is 9.59 Å². The fourth-order valence-corrected chi connectivity index (χ4v) is 4.55. The van der Waals surface area contributed by atoms with Gasteiger partial charge < -0.3 is 10.6 Å². The van der Waals surface area contributed by atoms with E-state index in [-0.39, 0.29) is 23.8 Å². The number of likely N-dealkylation sites (tertiary alicyclic amines) is 1. The Bertz CT molecular complexity index is 1120. The highest BCUT2D eigenvalue weighted by Crippen LogP contribution is 2.23. The summed E-state index contributed by atoms with van der Waals surface area (Å²) in [6.45, 7) is 6.77. The fourth-order valence-electron chi connectivity index (χ4n) is 4.55. The topological polar surface area (TPSA) is 61.4 Å². The minimum Gasteiger partial charge on any atom is -0.345 e. The maximum Gasteiger partial charge on any atom is 0.253 e. The van der Waals surface area contributed by atoms with Gasteiger partial charge in [0.15, 0.2) is 0 Å². The first kappa shape index (κ1) is 23.7. The molecule has 0 aromatic heterocycles. The molecule has 2 amide bonds. The van der Waals surface area contributed by atoms with Gasteiger partial charge in [0.2, 0.25) is 5.91 Å². The lowest BCUT2D eigenvalue weighted by Crippen LogP contribution is -2.38. The minimum atomic E-state index is -0.194. The number of para-hydroxylation sites is 1. The monoisotopic (exact) mass is 455 g/mol. The first-order valence-corrected chi connectivity index (χ1v) is 12.0. The second kappa shape index (κ2) is 11.1. The molecule has 3 aromatic rings. The van der Waals surface area contributed by atoms with Crippen LogP contribution in [-0.2, 0) is 11.3 Å². The molecule has 0 bridgehead atoms. The minimum absolute atomic E-state index is 0.00781. The Hall–Kier alpha value is -3.44. The normalized spacial score (nSPS) is 15.5. The van der Waals surface area contributed by atoms with E-state index >= 15 is 0 Å². The van der Waals surface area contributed by atoms with Gasteiger partial charge in [-0.05, 0) is 63.0 Å². The number of amides is 2. The van der Waals surface area contributed by atoms with E-state index in [4.69, 9.17) is 0 Å². The van der Waals surface area contributed by atoms with Crippen LogP contribution in [0.4, 0.5) is 5.69 Å². The second-order valence-electron chi connectivity index (χ2n) is 9.18. The Morgan fingerprint density at radius 2 is 1.65 bits per heavy atom. The first-order chi connectivity index (χ1) is 16.5. The average Bonchev–Trinajstić information content (AvgIpc) is 2.85. The number of aryl methyl sites for hydroxylation is 1. The van der Waals surface area contributed by atoms with E-state index in [9.17, 15) is 9.59 Å². The molecule has 176 valence electrons. The molecule has 4 rings (SSSR count). The standard InChI is InChI=1S/C29H33N3O2/c1-21-9-8-10-23(19-21)20-32-17-15-25(16-18-32)28(33)31-27-14-7-6-13-26(27)29(34)30-22(2)24-11-4-3-5-12-24/h3-14,19,22,25H,15-18,20H2,1-2H3,(H,30,34)(H,31,33)/t22-/m0/s1. The third kappa shape index (κ3) is 6.12. The molecule has 1 atom stereocenters. The van der Waals surface area contributed by atoms with Crippen LogP contribution in [0.1, 0.15) is 52.9 Å². The van der Waals surface area contributed by atoms with Crippen LogP contribution >= 0.6 is 0 Å². The summed E-state index contributed by atoms with van der Waals surface area (Å²) in [5.41, 5.74) is 4.66. The smallest absolute Gasteiger partial charge is 0.253 e. The third-order valence-electron chi connectivity index (χ3n) is 6.52. The SMILES string of the molecule is Cc1cccc(CN2CCC(C(=O)Nc3ccccc3C(=O)N[C@@H](C)c3ccccc3)CC2)c1. The molecule has 1 aliphatic heterocycles. The molecule has 1 fully saturated rings. The second-order valence-corrected chi connectivity index (χ2v) is 9.18. The van der Waals surface area contributed by atoms with Gasteiger partial charge in [-0.3, -0.25) is 14.5 Å². The van der Waals surface area contributed by atoms with Crippen molar-refractivity contribution in [2.24, 2.45) is 5.92 Å². The number of hydrogen-bond acceptors (Lipinski definition) is 3. The summed E-state index contributed by atoms with van der Waals surface area (Å²) >= 11 is 0. The summed E-state index contributed by atoms with van der Waals surface area (Å²) in [7, 11) is 0. The lowest BCUT2D eigenvalue weighted by Gasteiger charge is -2.31. The molecule has 0 radical (unpaired) electrons. The van der Waals surface area contributed by atoms with Crippen LogP contribution in [-0.4, -0.2) is 29.8 Å². The molecular weight excluding hydrogens is 422 g/mol. The summed E-state index contributed by atoms with van der Waals surface area (Å²) in [6, 6.07) is 25.5. The van der Waals surface area contributed by atoms with Crippen LogP contribution in [0.2, 0.25) is 0 Å². The predicted molar refractivity (Wildman–Crippen MR) is 137 cm³/mol. The van der Waals surface area contributed by atoms with E-state index in [2.05, 4.69) is 46.7 Å². The average molecular weight is 456 g/mol. The van der Waals surface area contributed by atoms with E-state index in [0.29, 0.717) is 11.3 Å². The number of rotatable bonds is 7. The number of hydrogen-bond donors (Lipinski definition) is 2. The number of nitrogens with one attached hydrogen (secondary N) is 2. The molecule has 34 heavy (non-hydrogen) atoms. The molecule has 0 unspecified atom stereocenters. The zero-order valence-corrected chi connectivity index (χ0v) is 20.0. The van der Waals surface area contributed by atoms with E-state index in [1.54, 1.807) is 12.1 Å². The Morgan fingerprint density at radius 1 is 0.941 bits per heavy atom. The van der Waals surface area contributed by atoms with E-state index in [0.717, 1.165) is 38.0 Å². The van der Waals surface area contributed by atoms with Crippen LogP contribution in [0.3, 0.4) is 0 Å². The van der Waals surface area contributed by atoms with Crippen LogP contribution < -0.4 is 10.6 Å². The molecule has 1 aliphatic rings. The summed E-state index contributed by atoms with van der Waals surface area (Å²) < 4.78 is 0. The van der Waals surface area contributed by atoms with Gasteiger partial charge in [-0.25, -0.2) is 0 Å². The van der Waals surface area contributed by atoms with Crippen molar-refractivity contribution in [2.45, 2.75) is 39.3 Å². The number of benzene rings is 3. The summed E-state index contributed by atoms with van der Waals surface area (Å²) in [4.78, 5) is 28.4. The Kier molecular flexibility index (Phi) is 7.76. The number of piperidine rings is 1. The molecule has 0 spiro atoms. The maximum absolute atomic E-state index is 13.0. The van der Waals surface area contributed by atoms with Gasteiger partial charge in [-0.1, -0.05) is 72.3 Å². The lowest BCUT2D eigenvalue weighted by atomic mass is 9.95. The fraction of sp³-hybridized carbons (Fsp3) is 0.310. The van der Waals surface area contributed by atoms with E-state index < -0.39 is 0 Å². The number of carbonyl (C=O) groups is 2. The summed E-state index contributed by atoms with van der Waals surface area (Å²) in [5, 5.41) is 6.07. The summed E-state index contributed by atoms with van der Waals surface area (Å²) in [6.07, 6.45) is 1.63. The van der Waals surface area contributed by atoms with Gasteiger partial charge in [0.1, 0.15) is 0 Å². The van der Waals surface area contributed by atoms with E-state index in [1.807, 2.05) is 49.4 Å². The molecule has 3 aromatic carbocycles. The van der Waals surface area contributed by atoms with Gasteiger partial charge in [-0.2, -0.15) is 0 Å². The maximum atomic E-state index is 13.0. The van der Waals surface area contributed by atoms with Crippen LogP contribution in [0.5, 0.6) is 0 Å². The quantitative estimate of drug-likeness (QED) is 0.506. The van der Waals surface area contributed by atoms with Gasteiger partial charge in [-0.15, -0.1) is 0 Å². The van der Waals surface area contributed by atoms with Crippen LogP contribution in [0.15, 0.2) is 78.9 Å². The van der Waals surface area contributed by atoms with Crippen molar-refractivity contribution in [1.29, 1.82) is 0 Å². The predicted octanol–water partition coefficient (Wildman–Crippen LogP) is 5.34. The Balaban J connectivity index is 1.33. The van der Waals surface area contributed by atoms with Crippen molar-refractivity contribution >= 4 is 17.5 Å². The number of anilines is 1. The molecule has 1 heterocycles. The number of carbonyl (C=O) groups excluding carboxylic acids is 2. The largest absolute Gasteiger partial charge is 0.345 e. The van der Waals surface area contributed by atoms with Crippen LogP contribution in [0, 0.1) is 12.8 Å². The zero-order chi connectivity index (χ0) is 23.9. The van der Waals surface area contributed by atoms with Crippen molar-refractivity contribution in [2.75, 3.05) is 18.4 Å². The molecule has 5 heteroatoms. The molecule has 0 aliphatic carbocycles. The third-order valence-corrected chi connectivity index (χ3v) is 6.52. The highest BCUT2D eigenvalue weighted by molar-refractivity contribution is 6.04. The molecule has 0 saturated carbocycles. The highest BCUT2D eigenvalue weighted by atomic mass is 16.2. The van der Waals surface area contributed by atoms with Crippen LogP contribution in [0.25, 0.3) is 0 Å². The molecule has 5 nitrogen and oxygen atoms in total. The highest BCUT2D eigenvalue weighted by Gasteiger charge is 2.26. The zero-order valence-electron chi connectivity index (χ0n) is 20.0. The van der Waals surface area contributed by atoms with E-state index in [1.165, 1.54) is 11.1 Å². The molecule has 1 saturated heterocycles. The Labute approximate surface area is 202 Å². The molecular formula is C29H33N3O2.